The monoisotopic (exact) mass is 417 g/mol. The Morgan fingerprint density at radius 3 is 2.36 bits per heavy atom. The maximum absolute atomic E-state index is 12.1. The molecule has 2 amide bonds. The van der Waals surface area contributed by atoms with Gasteiger partial charge in [-0.2, -0.15) is 0 Å². The number of ether oxygens (including phenoxy) is 1. The number of rotatable bonds is 4. The molecule has 126 valence electrons. The molecule has 0 bridgehead atoms. The van der Waals surface area contributed by atoms with Crippen molar-refractivity contribution >= 4 is 39.1 Å². The van der Waals surface area contributed by atoms with Crippen molar-refractivity contribution in [3.63, 3.8) is 0 Å². The Hall–Kier alpha value is -2.71. The number of pyridine rings is 1. The van der Waals surface area contributed by atoms with Gasteiger partial charge in [-0.05, 0) is 64.5 Å². The van der Waals surface area contributed by atoms with Crippen molar-refractivity contribution in [1.29, 1.82) is 0 Å². The van der Waals surface area contributed by atoms with Crippen molar-refractivity contribution in [1.82, 2.24) is 15.8 Å². The number of benzene rings is 1. The van der Waals surface area contributed by atoms with Crippen molar-refractivity contribution in [2.75, 3.05) is 0 Å². The molecule has 25 heavy (non-hydrogen) atoms. The minimum atomic E-state index is -0.420. The van der Waals surface area contributed by atoms with Gasteiger partial charge in [0.2, 0.25) is 0 Å². The predicted octanol–water partition coefficient (Wildman–Crippen LogP) is 3.77. The summed E-state index contributed by atoms with van der Waals surface area (Å²) in [5.74, 6) is 0.392. The third-order valence-electron chi connectivity index (χ3n) is 3.07. The number of hydrogen-bond acceptors (Lipinski definition) is 5. The number of hydrazine groups is 1. The number of carbonyl (C=O) groups excluding carboxylic acids is 2. The molecule has 2 N–H and O–H groups in total. The zero-order valence-electron chi connectivity index (χ0n) is 12.7. The smallest absolute Gasteiger partial charge is 0.279 e. The van der Waals surface area contributed by atoms with Crippen molar-refractivity contribution in [3.05, 3.63) is 75.2 Å². The Kier molecular flexibility index (Phi) is 5.42. The summed E-state index contributed by atoms with van der Waals surface area (Å²) in [7, 11) is 0. The lowest BCUT2D eigenvalue weighted by Gasteiger charge is -2.08. The molecule has 0 spiro atoms. The normalized spacial score (nSPS) is 10.1. The molecule has 3 aromatic rings. The lowest BCUT2D eigenvalue weighted by molar-refractivity contribution is 0.0849. The van der Waals surface area contributed by atoms with Crippen LogP contribution in [0.5, 0.6) is 11.5 Å². The first-order chi connectivity index (χ1) is 12.1. The van der Waals surface area contributed by atoms with E-state index in [1.807, 2.05) is 0 Å². The van der Waals surface area contributed by atoms with Gasteiger partial charge in [-0.25, -0.2) is 0 Å². The van der Waals surface area contributed by atoms with Crippen LogP contribution in [0.15, 0.2) is 64.7 Å². The van der Waals surface area contributed by atoms with Gasteiger partial charge in [0.1, 0.15) is 11.5 Å². The molecule has 0 aliphatic heterocycles. The molecule has 0 saturated heterocycles. The Morgan fingerprint density at radius 1 is 0.960 bits per heavy atom. The molecule has 0 atom stereocenters. The van der Waals surface area contributed by atoms with Gasteiger partial charge in [-0.15, -0.1) is 11.3 Å². The Labute approximate surface area is 156 Å². The maximum atomic E-state index is 12.1. The summed E-state index contributed by atoms with van der Waals surface area (Å²) in [5.41, 5.74) is 5.15. The van der Waals surface area contributed by atoms with Crippen LogP contribution in [0.1, 0.15) is 20.0 Å². The van der Waals surface area contributed by atoms with Gasteiger partial charge in [0.05, 0.1) is 14.9 Å². The quantitative estimate of drug-likeness (QED) is 0.633. The molecule has 6 nitrogen and oxygen atoms in total. The van der Waals surface area contributed by atoms with Gasteiger partial charge in [0.15, 0.2) is 0 Å². The van der Waals surface area contributed by atoms with E-state index in [4.69, 9.17) is 4.74 Å². The van der Waals surface area contributed by atoms with E-state index in [-0.39, 0.29) is 5.91 Å². The largest absolute Gasteiger partial charge is 0.456 e. The van der Waals surface area contributed by atoms with Gasteiger partial charge in [0.25, 0.3) is 11.8 Å². The van der Waals surface area contributed by atoms with Crippen LogP contribution < -0.4 is 15.6 Å². The van der Waals surface area contributed by atoms with Gasteiger partial charge in [-0.1, -0.05) is 0 Å². The van der Waals surface area contributed by atoms with Crippen LogP contribution in [0.25, 0.3) is 0 Å². The van der Waals surface area contributed by atoms with Crippen LogP contribution in [0, 0.1) is 0 Å². The summed E-state index contributed by atoms with van der Waals surface area (Å²) >= 11 is 4.56. The van der Waals surface area contributed by atoms with Crippen molar-refractivity contribution < 1.29 is 14.3 Å². The van der Waals surface area contributed by atoms with Gasteiger partial charge < -0.3 is 4.74 Å². The fourth-order valence-corrected chi connectivity index (χ4v) is 3.18. The van der Waals surface area contributed by atoms with Crippen molar-refractivity contribution in [2.24, 2.45) is 0 Å². The molecule has 3 rings (SSSR count). The number of nitrogens with zero attached hydrogens (tertiary/aromatic N) is 1. The first kappa shape index (κ1) is 17.1. The zero-order chi connectivity index (χ0) is 17.6. The summed E-state index contributed by atoms with van der Waals surface area (Å²) in [6, 6.07) is 13.5. The van der Waals surface area contributed by atoms with Crippen LogP contribution in [0.4, 0.5) is 0 Å². The molecule has 0 aliphatic rings. The topological polar surface area (TPSA) is 80.3 Å². The van der Waals surface area contributed by atoms with Crippen LogP contribution in [0.3, 0.4) is 0 Å². The lowest BCUT2D eigenvalue weighted by Crippen LogP contribution is -2.41. The third kappa shape index (κ3) is 4.65. The fraction of sp³-hybridized carbons (Fsp3) is 0. The number of thiophene rings is 1. The minimum absolute atomic E-state index is 0.374. The minimum Gasteiger partial charge on any atom is -0.456 e. The molecule has 8 heteroatoms. The fourth-order valence-electron chi connectivity index (χ4n) is 1.90. The van der Waals surface area contributed by atoms with E-state index in [9.17, 15) is 9.59 Å². The lowest BCUT2D eigenvalue weighted by atomic mass is 10.2. The van der Waals surface area contributed by atoms with E-state index >= 15 is 0 Å². The van der Waals surface area contributed by atoms with E-state index in [1.165, 1.54) is 11.3 Å². The van der Waals surface area contributed by atoms with Gasteiger partial charge >= 0.3 is 0 Å². The highest BCUT2D eigenvalue weighted by atomic mass is 79.9. The van der Waals surface area contributed by atoms with Crippen molar-refractivity contribution in [2.45, 2.75) is 0 Å². The molecule has 2 aromatic heterocycles. The van der Waals surface area contributed by atoms with Crippen LogP contribution >= 0.6 is 27.3 Å². The first-order valence-electron chi connectivity index (χ1n) is 7.16. The van der Waals surface area contributed by atoms with E-state index in [2.05, 4.69) is 31.8 Å². The number of aromatic nitrogens is 1. The molecular weight excluding hydrogens is 406 g/mol. The van der Waals surface area contributed by atoms with E-state index in [1.54, 1.807) is 60.9 Å². The average Bonchev–Trinajstić information content (AvgIpc) is 3.07. The maximum Gasteiger partial charge on any atom is 0.279 e. The molecule has 0 radical (unpaired) electrons. The second kappa shape index (κ2) is 7.91. The zero-order valence-corrected chi connectivity index (χ0v) is 15.1. The molecule has 0 saturated carbocycles. The average molecular weight is 418 g/mol. The van der Waals surface area contributed by atoms with E-state index < -0.39 is 5.91 Å². The Balaban J connectivity index is 1.56. The highest BCUT2D eigenvalue weighted by molar-refractivity contribution is 9.11. The molecule has 0 aliphatic carbocycles. The number of halogens is 1. The second-order valence-corrected chi connectivity index (χ2v) is 7.29. The molecule has 0 fully saturated rings. The highest BCUT2D eigenvalue weighted by Crippen LogP contribution is 2.22. The number of hydrogen-bond donors (Lipinski definition) is 2. The summed E-state index contributed by atoms with van der Waals surface area (Å²) in [5, 5.41) is 0. The Morgan fingerprint density at radius 2 is 1.72 bits per heavy atom. The predicted molar refractivity (Wildman–Crippen MR) is 97.7 cm³/mol. The molecule has 2 heterocycles. The summed E-state index contributed by atoms with van der Waals surface area (Å²) < 4.78 is 6.45. The SMILES string of the molecule is O=C(NNC(=O)c1ccc(Br)s1)c1ccc(Oc2cccnc2)cc1. The molecule has 0 unspecified atom stereocenters. The number of nitrogens with one attached hydrogen (secondary N) is 2. The summed E-state index contributed by atoms with van der Waals surface area (Å²) in [4.78, 5) is 28.4. The third-order valence-corrected chi connectivity index (χ3v) is 4.70. The van der Waals surface area contributed by atoms with Gasteiger partial charge in [-0.3, -0.25) is 25.4 Å². The molecular formula is C17H12BrN3O3S. The van der Waals surface area contributed by atoms with E-state index in [0.29, 0.717) is 21.9 Å². The number of amides is 2. The summed E-state index contributed by atoms with van der Waals surface area (Å²) in [6.07, 6.45) is 3.25. The van der Waals surface area contributed by atoms with Crippen molar-refractivity contribution in [3.8, 4) is 11.5 Å². The van der Waals surface area contributed by atoms with Crippen LogP contribution in [-0.2, 0) is 0 Å². The molecule has 1 aromatic carbocycles. The van der Waals surface area contributed by atoms with E-state index in [0.717, 1.165) is 3.79 Å². The second-order valence-electron chi connectivity index (χ2n) is 4.83. The number of carbonyl (C=O) groups is 2. The Bertz CT molecular complexity index is 882. The van der Waals surface area contributed by atoms with Crippen LogP contribution in [0.2, 0.25) is 0 Å². The first-order valence-corrected chi connectivity index (χ1v) is 8.77. The highest BCUT2D eigenvalue weighted by Gasteiger charge is 2.11. The summed E-state index contributed by atoms with van der Waals surface area (Å²) in [6.45, 7) is 0. The van der Waals surface area contributed by atoms with Crippen LogP contribution in [-0.4, -0.2) is 16.8 Å². The standard InChI is InChI=1S/C17H12BrN3O3S/c18-15-8-7-14(25-15)17(23)21-20-16(22)11-3-5-12(6-4-11)24-13-2-1-9-19-10-13/h1-10H,(H,20,22)(H,21,23). The van der Waals surface area contributed by atoms with Gasteiger partial charge in [0, 0.05) is 11.8 Å².